The van der Waals surface area contributed by atoms with Gasteiger partial charge in [-0.25, -0.2) is 35.9 Å². The van der Waals surface area contributed by atoms with Crippen LogP contribution in [-0.2, 0) is 29.6 Å². The van der Waals surface area contributed by atoms with Crippen molar-refractivity contribution in [1.29, 1.82) is 0 Å². The molecule has 0 aromatic carbocycles. The first kappa shape index (κ1) is 24.5. The molecular formula is C14H26N2O8S2. The maximum absolute atomic E-state index is 11.6. The zero-order valence-corrected chi connectivity index (χ0v) is 16.8. The summed E-state index contributed by atoms with van der Waals surface area (Å²) in [5, 5.41) is 18.7. The normalized spacial score (nSPS) is 15.8. The summed E-state index contributed by atoms with van der Waals surface area (Å²) in [6.07, 6.45) is -0.715. The van der Waals surface area contributed by atoms with Gasteiger partial charge in [0.2, 0.25) is 20.0 Å². The summed E-state index contributed by atoms with van der Waals surface area (Å²) in [7, 11) is -7.18. The predicted molar refractivity (Wildman–Crippen MR) is 95.6 cm³/mol. The summed E-state index contributed by atoms with van der Waals surface area (Å²) < 4.78 is 50.8. The Morgan fingerprint density at radius 3 is 1.23 bits per heavy atom. The molecule has 152 valence electrons. The Morgan fingerprint density at radius 1 is 0.769 bits per heavy atom. The number of carbonyl (C=O) groups is 2. The van der Waals surface area contributed by atoms with Crippen LogP contribution in [0.2, 0.25) is 0 Å². The molecule has 0 aliphatic rings. The van der Waals surface area contributed by atoms with E-state index in [9.17, 15) is 36.6 Å². The number of aliphatic carboxylic acids is 2. The molecule has 0 saturated carbocycles. The smallest absolute Gasteiger partial charge is 0.332 e. The highest BCUT2D eigenvalue weighted by Gasteiger charge is 2.26. The zero-order valence-electron chi connectivity index (χ0n) is 15.1. The third-order valence-electron chi connectivity index (χ3n) is 3.42. The molecule has 0 heterocycles. The van der Waals surface area contributed by atoms with Gasteiger partial charge in [-0.1, -0.05) is 0 Å². The molecule has 0 aliphatic carbocycles. The molecule has 4 N–H and O–H groups in total. The van der Waals surface area contributed by atoms with E-state index < -0.39 is 55.2 Å². The van der Waals surface area contributed by atoms with E-state index in [1.165, 1.54) is 27.7 Å². The first-order valence-corrected chi connectivity index (χ1v) is 11.2. The lowest BCUT2D eigenvalue weighted by molar-refractivity contribution is -0.136. The summed E-state index contributed by atoms with van der Waals surface area (Å²) >= 11 is 0. The van der Waals surface area contributed by atoms with Crippen LogP contribution in [-0.4, -0.2) is 62.6 Å². The molecule has 0 rings (SSSR count). The van der Waals surface area contributed by atoms with Crippen molar-refractivity contribution in [3.63, 3.8) is 0 Å². The highest BCUT2D eigenvalue weighted by molar-refractivity contribution is 7.89. The van der Waals surface area contributed by atoms with Crippen LogP contribution in [0.3, 0.4) is 0 Å². The Morgan fingerprint density at radius 2 is 1.04 bits per heavy atom. The first-order valence-electron chi connectivity index (χ1n) is 7.93. The largest absolute Gasteiger partial charge is 0.478 e. The Hall–Kier alpha value is -1.50. The molecule has 0 fully saturated rings. The van der Waals surface area contributed by atoms with Gasteiger partial charge in [0, 0.05) is 23.2 Å². The summed E-state index contributed by atoms with van der Waals surface area (Å²) in [6, 6.07) is -1.69. The summed E-state index contributed by atoms with van der Waals surface area (Å²) in [5.41, 5.74) is -0.960. The molecule has 0 bridgehead atoms. The maximum atomic E-state index is 11.6. The molecule has 0 aromatic heterocycles. The molecule has 0 saturated heterocycles. The monoisotopic (exact) mass is 414 g/mol. The molecule has 0 radical (unpaired) electrons. The van der Waals surface area contributed by atoms with Crippen LogP contribution in [0, 0.1) is 0 Å². The lowest BCUT2D eigenvalue weighted by Crippen LogP contribution is -2.36. The average molecular weight is 415 g/mol. The number of carboxylic acids is 2. The minimum absolute atomic E-state index is 0.203. The van der Waals surface area contributed by atoms with Crippen molar-refractivity contribution in [2.45, 2.75) is 52.6 Å². The van der Waals surface area contributed by atoms with E-state index in [0.717, 1.165) is 0 Å². The average Bonchev–Trinajstić information content (AvgIpc) is 2.49. The van der Waals surface area contributed by atoms with Crippen molar-refractivity contribution in [2.24, 2.45) is 0 Å². The quantitative estimate of drug-likeness (QED) is 0.321. The number of rotatable bonds is 12. The van der Waals surface area contributed by atoms with Gasteiger partial charge >= 0.3 is 11.9 Å². The van der Waals surface area contributed by atoms with Gasteiger partial charge in [0.05, 0.1) is 11.5 Å². The lowest BCUT2D eigenvalue weighted by Gasteiger charge is -2.18. The van der Waals surface area contributed by atoms with E-state index in [1.807, 2.05) is 0 Å². The van der Waals surface area contributed by atoms with Crippen LogP contribution in [0.4, 0.5) is 0 Å². The fourth-order valence-corrected chi connectivity index (χ4v) is 3.88. The van der Waals surface area contributed by atoms with Crippen LogP contribution in [0.15, 0.2) is 11.1 Å². The summed E-state index contributed by atoms with van der Waals surface area (Å²) in [5.74, 6) is -3.41. The van der Waals surface area contributed by atoms with Gasteiger partial charge in [-0.3, -0.25) is 0 Å². The van der Waals surface area contributed by atoms with E-state index >= 15 is 0 Å². The van der Waals surface area contributed by atoms with E-state index in [1.54, 1.807) is 0 Å². The second kappa shape index (κ2) is 10.00. The number of sulfonamides is 2. The van der Waals surface area contributed by atoms with E-state index in [4.69, 9.17) is 0 Å². The van der Waals surface area contributed by atoms with E-state index in [-0.39, 0.29) is 24.3 Å². The van der Waals surface area contributed by atoms with Crippen LogP contribution in [0.5, 0.6) is 0 Å². The molecule has 0 aromatic rings. The van der Waals surface area contributed by atoms with Gasteiger partial charge < -0.3 is 10.2 Å². The summed E-state index contributed by atoms with van der Waals surface area (Å²) in [4.78, 5) is 23.0. The molecule has 2 atom stereocenters. The number of hydrogen-bond acceptors (Lipinski definition) is 6. The fourth-order valence-electron chi connectivity index (χ4n) is 2.15. The van der Waals surface area contributed by atoms with Crippen molar-refractivity contribution in [3.05, 3.63) is 11.1 Å². The van der Waals surface area contributed by atoms with Crippen LogP contribution < -0.4 is 9.44 Å². The zero-order chi connectivity index (χ0) is 20.7. The molecule has 0 aliphatic heterocycles. The van der Waals surface area contributed by atoms with Gasteiger partial charge in [-0.15, -0.1) is 0 Å². The number of hydrogen-bond donors (Lipinski definition) is 4. The van der Waals surface area contributed by atoms with Crippen LogP contribution in [0.25, 0.3) is 0 Å². The lowest BCUT2D eigenvalue weighted by atomic mass is 9.97. The maximum Gasteiger partial charge on any atom is 0.332 e. The predicted octanol–water partition coefficient (Wildman–Crippen LogP) is -0.112. The Kier molecular flexibility index (Phi) is 9.42. The first-order chi connectivity index (χ1) is 11.7. The number of nitrogens with one attached hydrogen (secondary N) is 2. The molecule has 0 spiro atoms. The Labute approximate surface area is 153 Å². The Balaban J connectivity index is 5.62. The van der Waals surface area contributed by atoms with Crippen molar-refractivity contribution >= 4 is 32.0 Å². The molecular weight excluding hydrogens is 388 g/mol. The standard InChI is InChI=1S/C14H26N2O8S2/c1-5-25(21,22)15-9(3)7-11(13(17)18)12(14(19)20)8-10(4)16-26(23,24)6-2/h9-10,15-16H,5-8H2,1-4H3,(H,17,18)(H,19,20)/t9-,10-/m0/s1. The second-order valence-corrected chi connectivity index (χ2v) is 9.91. The van der Waals surface area contributed by atoms with Gasteiger partial charge in [-0.05, 0) is 40.5 Å². The second-order valence-electron chi connectivity index (χ2n) is 5.82. The minimum atomic E-state index is -3.59. The third-order valence-corrected chi connectivity index (χ3v) is 6.47. The van der Waals surface area contributed by atoms with Gasteiger partial charge in [0.15, 0.2) is 0 Å². The van der Waals surface area contributed by atoms with Crippen molar-refractivity contribution < 1.29 is 36.6 Å². The van der Waals surface area contributed by atoms with Crippen molar-refractivity contribution in [2.75, 3.05) is 11.5 Å². The molecule has 12 heteroatoms. The SMILES string of the molecule is CCS(=O)(=O)N[C@@H](C)CC(C(=O)O)=C(C[C@H](C)NS(=O)(=O)CC)C(=O)O. The third kappa shape index (κ3) is 8.74. The van der Waals surface area contributed by atoms with E-state index in [0.29, 0.717) is 0 Å². The number of carboxylic acid groups (broad SMARTS) is 2. The summed E-state index contributed by atoms with van der Waals surface area (Å²) in [6.45, 7) is 5.65. The fraction of sp³-hybridized carbons (Fsp3) is 0.714. The van der Waals surface area contributed by atoms with Gasteiger partial charge in [0.25, 0.3) is 0 Å². The van der Waals surface area contributed by atoms with Crippen LogP contribution in [0.1, 0.15) is 40.5 Å². The van der Waals surface area contributed by atoms with Gasteiger partial charge in [-0.2, -0.15) is 0 Å². The topological polar surface area (TPSA) is 167 Å². The van der Waals surface area contributed by atoms with Crippen molar-refractivity contribution in [1.82, 2.24) is 9.44 Å². The van der Waals surface area contributed by atoms with Crippen molar-refractivity contribution in [3.8, 4) is 0 Å². The highest BCUT2D eigenvalue weighted by Crippen LogP contribution is 2.18. The minimum Gasteiger partial charge on any atom is -0.478 e. The highest BCUT2D eigenvalue weighted by atomic mass is 32.2. The Bertz CT molecular complexity index is 692. The van der Waals surface area contributed by atoms with Crippen LogP contribution >= 0.6 is 0 Å². The van der Waals surface area contributed by atoms with Gasteiger partial charge in [0.1, 0.15) is 0 Å². The molecule has 10 nitrogen and oxygen atoms in total. The molecule has 26 heavy (non-hydrogen) atoms. The van der Waals surface area contributed by atoms with E-state index in [2.05, 4.69) is 9.44 Å². The molecule has 0 unspecified atom stereocenters. The molecule has 0 amide bonds.